The summed E-state index contributed by atoms with van der Waals surface area (Å²) >= 11 is 5.87. The number of halogens is 9. The van der Waals surface area contributed by atoms with Gasteiger partial charge in [0.05, 0.1) is 11.3 Å². The lowest BCUT2D eigenvalue weighted by atomic mass is 10.1. The molecule has 4 rings (SSSR count). The molecule has 0 spiro atoms. The van der Waals surface area contributed by atoms with E-state index in [4.69, 9.17) is 11.6 Å². The van der Waals surface area contributed by atoms with Gasteiger partial charge in [-0.15, -0.1) is 0 Å². The lowest BCUT2D eigenvalue weighted by Gasteiger charge is -2.40. The second kappa shape index (κ2) is 7.39. The summed E-state index contributed by atoms with van der Waals surface area (Å²) in [4.78, 5) is 13.7. The van der Waals surface area contributed by atoms with E-state index in [-0.39, 0.29) is 54.8 Å². The predicted octanol–water partition coefficient (Wildman–Crippen LogP) is 7.47. The van der Waals surface area contributed by atoms with E-state index in [0.717, 1.165) is 18.2 Å². The minimum absolute atomic E-state index is 0.0106. The first-order valence-corrected chi connectivity index (χ1v) is 12.5. The first-order valence-electron chi connectivity index (χ1n) is 10.2. The second-order valence-corrected chi connectivity index (χ2v) is 11.3. The number of carbonyl (C=O) groups excluding carboxylic acids is 1. The van der Waals surface area contributed by atoms with Crippen LogP contribution in [-0.2, 0) is 11.0 Å². The highest BCUT2D eigenvalue weighted by Crippen LogP contribution is 3.02. The highest BCUT2D eigenvalue weighted by atomic mass is 35.5. The van der Waals surface area contributed by atoms with Gasteiger partial charge < -0.3 is 9.80 Å². The van der Waals surface area contributed by atoms with Gasteiger partial charge in [0, 0.05) is 37.1 Å². The smallest absolute Gasteiger partial charge is 0.367 e. The highest BCUT2D eigenvalue weighted by Gasteiger charge is 2.65. The molecule has 0 aromatic heterocycles. The van der Waals surface area contributed by atoms with E-state index in [1.165, 1.54) is 21.9 Å². The fraction of sp³-hybridized carbons (Fsp3) is 0.381. The lowest BCUT2D eigenvalue weighted by molar-refractivity contribution is -0.137. The SMILES string of the molecule is O=C([C@@H]1C[C@@H]1c1cccc(S(F)(F)(F)(F)F)c1)N1CCN(c2cc(Cl)ccc2C(F)(F)F)CC1. The maximum Gasteiger partial charge on any atom is 0.418 e. The number of carbonyl (C=O) groups is 1. The Bertz CT molecular complexity index is 1130. The molecule has 0 bridgehead atoms. The number of nitrogens with zero attached hydrogens (tertiary/aromatic N) is 2. The van der Waals surface area contributed by atoms with E-state index in [2.05, 4.69) is 0 Å². The summed E-state index contributed by atoms with van der Waals surface area (Å²) in [6, 6.07) is 6.14. The maximum absolute atomic E-state index is 13.4. The number of alkyl halides is 3. The summed E-state index contributed by atoms with van der Waals surface area (Å²) in [5, 5.41) is 0.135. The number of piperazine rings is 1. The van der Waals surface area contributed by atoms with E-state index in [9.17, 15) is 37.4 Å². The van der Waals surface area contributed by atoms with Crippen molar-refractivity contribution in [3.05, 3.63) is 58.6 Å². The molecular weight excluding hydrogens is 516 g/mol. The zero-order valence-electron chi connectivity index (χ0n) is 17.3. The van der Waals surface area contributed by atoms with Gasteiger partial charge in [0.1, 0.15) is 4.90 Å². The van der Waals surface area contributed by atoms with Crippen molar-refractivity contribution in [3.8, 4) is 0 Å². The lowest BCUT2D eigenvalue weighted by Crippen LogP contribution is -2.49. The molecule has 1 amide bonds. The van der Waals surface area contributed by atoms with Gasteiger partial charge in [0.15, 0.2) is 0 Å². The Labute approximate surface area is 195 Å². The Morgan fingerprint density at radius 2 is 1.59 bits per heavy atom. The highest BCUT2D eigenvalue weighted by molar-refractivity contribution is 8.45. The predicted molar refractivity (Wildman–Crippen MR) is 114 cm³/mol. The first-order chi connectivity index (χ1) is 15.4. The molecule has 1 saturated carbocycles. The summed E-state index contributed by atoms with van der Waals surface area (Å²) < 4.78 is 106. The van der Waals surface area contributed by atoms with Crippen LogP contribution in [0.25, 0.3) is 0 Å². The maximum atomic E-state index is 13.4. The summed E-state index contributed by atoms with van der Waals surface area (Å²) in [6.07, 6.45) is -4.37. The Morgan fingerprint density at radius 3 is 2.18 bits per heavy atom. The van der Waals surface area contributed by atoms with Gasteiger partial charge in [-0.05, 0) is 48.2 Å². The van der Waals surface area contributed by atoms with Crippen molar-refractivity contribution in [2.45, 2.75) is 23.4 Å². The van der Waals surface area contributed by atoms with E-state index in [1.807, 2.05) is 0 Å². The molecule has 1 heterocycles. The average molecular weight is 535 g/mol. The third kappa shape index (κ3) is 5.22. The Hall–Kier alpha value is -2.21. The zero-order chi connectivity index (χ0) is 25.2. The summed E-state index contributed by atoms with van der Waals surface area (Å²) in [6.45, 7) is 0.424. The van der Waals surface area contributed by atoms with Crippen molar-refractivity contribution in [2.75, 3.05) is 31.1 Å². The number of benzene rings is 2. The molecule has 34 heavy (non-hydrogen) atoms. The molecule has 2 aliphatic rings. The molecule has 0 unspecified atom stereocenters. The van der Waals surface area contributed by atoms with Crippen molar-refractivity contribution >= 4 is 33.4 Å². The molecule has 3 nitrogen and oxygen atoms in total. The molecule has 1 aliphatic heterocycles. The minimum Gasteiger partial charge on any atom is -0.367 e. The van der Waals surface area contributed by atoms with Crippen molar-refractivity contribution in [1.29, 1.82) is 0 Å². The van der Waals surface area contributed by atoms with Crippen LogP contribution in [0.4, 0.5) is 38.3 Å². The van der Waals surface area contributed by atoms with Gasteiger partial charge in [-0.3, -0.25) is 4.79 Å². The van der Waals surface area contributed by atoms with Gasteiger partial charge in [-0.25, -0.2) is 0 Å². The fourth-order valence-corrected chi connectivity index (χ4v) is 5.09. The van der Waals surface area contributed by atoms with Gasteiger partial charge in [-0.2, -0.15) is 13.2 Å². The Kier molecular flexibility index (Phi) is 5.42. The number of amides is 1. The molecule has 2 aromatic rings. The van der Waals surface area contributed by atoms with E-state index in [1.54, 1.807) is 0 Å². The van der Waals surface area contributed by atoms with Gasteiger partial charge in [0.2, 0.25) is 5.91 Å². The van der Waals surface area contributed by atoms with Crippen LogP contribution in [0.2, 0.25) is 5.02 Å². The number of hydrogen-bond donors (Lipinski definition) is 0. The Balaban J connectivity index is 1.43. The van der Waals surface area contributed by atoms with Crippen molar-refractivity contribution in [1.82, 2.24) is 4.90 Å². The summed E-state index contributed by atoms with van der Waals surface area (Å²) in [5.74, 6) is -1.63. The molecular formula is C21H19ClF8N2OS. The largest absolute Gasteiger partial charge is 0.418 e. The standard InChI is InChI=1S/C21H19ClF8N2OS/c22-14-4-5-18(21(23,24)25)19(11-14)31-6-8-32(9-7-31)20(33)17-12-16(17)13-2-1-3-15(10-13)34(26,27,28,29)30/h1-5,10-11,16-17H,6-9,12H2/t16-,17-/m1/s1. The molecule has 2 atom stereocenters. The summed E-state index contributed by atoms with van der Waals surface area (Å²) in [7, 11) is -9.83. The molecule has 13 heteroatoms. The molecule has 2 aromatic carbocycles. The van der Waals surface area contributed by atoms with Crippen molar-refractivity contribution in [2.24, 2.45) is 5.92 Å². The number of hydrogen-bond acceptors (Lipinski definition) is 2. The third-order valence-corrected chi connectivity index (χ3v) is 7.42. The van der Waals surface area contributed by atoms with Gasteiger partial charge >= 0.3 is 16.4 Å². The van der Waals surface area contributed by atoms with Gasteiger partial charge in [0.25, 0.3) is 0 Å². The number of anilines is 1. The second-order valence-electron chi connectivity index (χ2n) is 8.46. The van der Waals surface area contributed by atoms with E-state index >= 15 is 0 Å². The van der Waals surface area contributed by atoms with Crippen LogP contribution in [0.5, 0.6) is 0 Å². The average Bonchev–Trinajstić information content (AvgIpc) is 3.52. The van der Waals surface area contributed by atoms with Crippen molar-refractivity contribution in [3.63, 3.8) is 0 Å². The fourth-order valence-electron chi connectivity index (χ4n) is 4.23. The zero-order valence-corrected chi connectivity index (χ0v) is 18.9. The first kappa shape index (κ1) is 24.9. The number of rotatable bonds is 4. The van der Waals surface area contributed by atoms with Crippen LogP contribution < -0.4 is 4.90 Å². The van der Waals surface area contributed by atoms with Crippen LogP contribution >= 0.6 is 21.8 Å². The van der Waals surface area contributed by atoms with Crippen LogP contribution in [0.3, 0.4) is 0 Å². The summed E-state index contributed by atoms with van der Waals surface area (Å²) in [5.41, 5.74) is -0.927. The third-order valence-electron chi connectivity index (χ3n) is 6.04. The quantitative estimate of drug-likeness (QED) is 0.380. The normalized spacial score (nSPS) is 23.3. The van der Waals surface area contributed by atoms with Crippen LogP contribution in [0, 0.1) is 5.92 Å². The Morgan fingerprint density at radius 1 is 0.941 bits per heavy atom. The molecule has 1 aliphatic carbocycles. The molecule has 0 N–H and O–H groups in total. The molecule has 188 valence electrons. The molecule has 0 radical (unpaired) electrons. The monoisotopic (exact) mass is 534 g/mol. The van der Waals surface area contributed by atoms with Crippen LogP contribution in [0.15, 0.2) is 47.4 Å². The van der Waals surface area contributed by atoms with E-state index in [0.29, 0.717) is 12.1 Å². The molecule has 2 fully saturated rings. The van der Waals surface area contributed by atoms with E-state index < -0.39 is 38.7 Å². The molecule has 1 saturated heterocycles. The van der Waals surface area contributed by atoms with Crippen LogP contribution in [0.1, 0.15) is 23.5 Å². The van der Waals surface area contributed by atoms with Gasteiger partial charge in [-0.1, -0.05) is 43.2 Å². The van der Waals surface area contributed by atoms with Crippen LogP contribution in [-0.4, -0.2) is 37.0 Å². The topological polar surface area (TPSA) is 23.6 Å². The van der Waals surface area contributed by atoms with Crippen molar-refractivity contribution < 1.29 is 37.4 Å². The minimum atomic E-state index is -9.83.